The zero-order chi connectivity index (χ0) is 19.3. The van der Waals surface area contributed by atoms with Crippen LogP contribution in [-0.4, -0.2) is 64.2 Å². The van der Waals surface area contributed by atoms with Crippen molar-refractivity contribution in [1.29, 1.82) is 0 Å². The maximum Gasteiger partial charge on any atom is 0.236 e. The van der Waals surface area contributed by atoms with Gasteiger partial charge in [-0.3, -0.25) is 4.79 Å². The molecule has 0 spiro atoms. The van der Waals surface area contributed by atoms with E-state index >= 15 is 0 Å². The number of anilines is 1. The number of nitrogens with zero attached hydrogens (tertiary/aromatic N) is 6. The van der Waals surface area contributed by atoms with Gasteiger partial charge in [0.25, 0.3) is 0 Å². The lowest BCUT2D eigenvalue weighted by Crippen LogP contribution is -2.49. The lowest BCUT2D eigenvalue weighted by Gasteiger charge is -2.34. The van der Waals surface area contributed by atoms with Crippen molar-refractivity contribution in [2.24, 2.45) is 0 Å². The first kappa shape index (κ1) is 17.9. The maximum atomic E-state index is 12.6. The second-order valence-corrected chi connectivity index (χ2v) is 6.33. The van der Waals surface area contributed by atoms with E-state index in [1.54, 1.807) is 30.5 Å². The Balaban J connectivity index is 1.34. The van der Waals surface area contributed by atoms with Crippen LogP contribution < -0.4 is 9.64 Å². The van der Waals surface area contributed by atoms with Crippen molar-refractivity contribution in [3.8, 4) is 17.1 Å². The lowest BCUT2D eigenvalue weighted by molar-refractivity contribution is -0.131. The number of carbonyl (C=O) groups excluding carboxylic acids is 1. The largest absolute Gasteiger partial charge is 0.497 e. The average Bonchev–Trinajstić information content (AvgIpc) is 3.23. The van der Waals surface area contributed by atoms with Gasteiger partial charge in [0.2, 0.25) is 23.6 Å². The molecule has 28 heavy (non-hydrogen) atoms. The van der Waals surface area contributed by atoms with Gasteiger partial charge < -0.3 is 19.1 Å². The molecule has 3 aromatic rings. The molecule has 0 N–H and O–H groups in total. The van der Waals surface area contributed by atoms with Crippen LogP contribution in [0, 0.1) is 0 Å². The Bertz CT molecular complexity index is 920. The van der Waals surface area contributed by atoms with E-state index in [9.17, 15) is 4.79 Å². The Morgan fingerprint density at radius 2 is 1.82 bits per heavy atom. The van der Waals surface area contributed by atoms with E-state index in [4.69, 9.17) is 9.26 Å². The van der Waals surface area contributed by atoms with E-state index in [-0.39, 0.29) is 12.3 Å². The molecule has 3 heterocycles. The van der Waals surface area contributed by atoms with Gasteiger partial charge >= 0.3 is 0 Å². The summed E-state index contributed by atoms with van der Waals surface area (Å²) in [5, 5.41) is 3.97. The van der Waals surface area contributed by atoms with Gasteiger partial charge in [0, 0.05) is 44.1 Å². The molecule has 9 nitrogen and oxygen atoms in total. The quantitative estimate of drug-likeness (QED) is 0.656. The minimum atomic E-state index is -0.0291. The van der Waals surface area contributed by atoms with Crippen LogP contribution in [0.5, 0.6) is 5.75 Å². The smallest absolute Gasteiger partial charge is 0.236 e. The number of hydrogen-bond acceptors (Lipinski definition) is 8. The Morgan fingerprint density at radius 3 is 2.50 bits per heavy atom. The number of ether oxygens (including phenoxy) is 1. The zero-order valence-electron chi connectivity index (χ0n) is 15.5. The highest BCUT2D eigenvalue weighted by Crippen LogP contribution is 2.20. The van der Waals surface area contributed by atoms with Crippen LogP contribution in [0.4, 0.5) is 5.95 Å². The first-order valence-corrected chi connectivity index (χ1v) is 8.99. The van der Waals surface area contributed by atoms with Crippen molar-refractivity contribution in [3.63, 3.8) is 0 Å². The summed E-state index contributed by atoms with van der Waals surface area (Å²) in [6.45, 7) is 2.60. The van der Waals surface area contributed by atoms with Gasteiger partial charge in [0.15, 0.2) is 0 Å². The fraction of sp³-hybridized carbons (Fsp3) is 0.316. The molecule has 2 aromatic heterocycles. The van der Waals surface area contributed by atoms with E-state index < -0.39 is 0 Å². The first-order valence-electron chi connectivity index (χ1n) is 8.99. The molecule has 0 unspecified atom stereocenters. The molecule has 1 aromatic carbocycles. The van der Waals surface area contributed by atoms with Gasteiger partial charge in [-0.05, 0) is 30.3 Å². The Hall–Kier alpha value is -3.49. The number of benzene rings is 1. The number of amides is 1. The number of piperazine rings is 1. The van der Waals surface area contributed by atoms with Crippen molar-refractivity contribution in [3.05, 3.63) is 48.6 Å². The van der Waals surface area contributed by atoms with E-state index in [0.717, 1.165) is 11.3 Å². The lowest BCUT2D eigenvalue weighted by atomic mass is 10.2. The highest BCUT2D eigenvalue weighted by atomic mass is 16.5. The zero-order valence-corrected chi connectivity index (χ0v) is 15.5. The molecular weight excluding hydrogens is 360 g/mol. The van der Waals surface area contributed by atoms with Gasteiger partial charge in [-0.2, -0.15) is 4.98 Å². The topological polar surface area (TPSA) is 97.5 Å². The molecule has 144 valence electrons. The Morgan fingerprint density at radius 1 is 1.11 bits per heavy atom. The van der Waals surface area contributed by atoms with E-state index in [1.165, 1.54) is 0 Å². The molecule has 1 amide bonds. The minimum absolute atomic E-state index is 0.0291. The van der Waals surface area contributed by atoms with Gasteiger partial charge in [-0.1, -0.05) is 5.16 Å². The van der Waals surface area contributed by atoms with Crippen LogP contribution in [0.3, 0.4) is 0 Å². The number of aromatic nitrogens is 4. The summed E-state index contributed by atoms with van der Waals surface area (Å²) in [5.74, 6) is 2.18. The van der Waals surface area contributed by atoms with Gasteiger partial charge in [0.05, 0.1) is 7.11 Å². The highest BCUT2D eigenvalue weighted by Gasteiger charge is 2.24. The predicted molar refractivity (Wildman–Crippen MR) is 101 cm³/mol. The van der Waals surface area contributed by atoms with Crippen molar-refractivity contribution < 1.29 is 14.1 Å². The second-order valence-electron chi connectivity index (χ2n) is 6.33. The second kappa shape index (κ2) is 8.03. The van der Waals surface area contributed by atoms with Crippen LogP contribution in [0.15, 0.2) is 47.2 Å². The van der Waals surface area contributed by atoms with Crippen LogP contribution >= 0.6 is 0 Å². The normalized spacial score (nSPS) is 14.2. The number of carbonyl (C=O) groups is 1. The standard InChI is InChI=1S/C19H20N6O3/c1-27-15-5-3-14(4-6-15)18-22-16(28-23-18)13-17(26)24-9-11-25(12-10-24)19-20-7-2-8-21-19/h2-8H,9-13H2,1H3. The molecule has 1 aliphatic heterocycles. The molecule has 4 rings (SSSR count). The van der Waals surface area contributed by atoms with E-state index in [0.29, 0.717) is 43.8 Å². The average molecular weight is 380 g/mol. The van der Waals surface area contributed by atoms with Crippen molar-refractivity contribution in [2.45, 2.75) is 6.42 Å². The third-order valence-corrected chi connectivity index (χ3v) is 4.59. The van der Waals surface area contributed by atoms with Gasteiger partial charge in [-0.25, -0.2) is 9.97 Å². The van der Waals surface area contributed by atoms with Crippen LogP contribution in [0.1, 0.15) is 5.89 Å². The molecule has 0 atom stereocenters. The summed E-state index contributed by atoms with van der Waals surface area (Å²) in [5.41, 5.74) is 0.805. The molecule has 1 aliphatic rings. The number of methoxy groups -OCH3 is 1. The molecular formula is C19H20N6O3. The molecule has 0 bridgehead atoms. The molecule has 0 radical (unpaired) electrons. The van der Waals surface area contributed by atoms with E-state index in [2.05, 4.69) is 25.0 Å². The highest BCUT2D eigenvalue weighted by molar-refractivity contribution is 5.78. The summed E-state index contributed by atoms with van der Waals surface area (Å²) >= 11 is 0. The van der Waals surface area contributed by atoms with Crippen LogP contribution in [-0.2, 0) is 11.2 Å². The maximum absolute atomic E-state index is 12.6. The summed E-state index contributed by atoms with van der Waals surface area (Å²) in [4.78, 5) is 29.3. The molecule has 1 saturated heterocycles. The van der Waals surface area contributed by atoms with E-state index in [1.807, 2.05) is 24.3 Å². The van der Waals surface area contributed by atoms with Gasteiger partial charge in [0.1, 0.15) is 12.2 Å². The molecule has 9 heteroatoms. The third-order valence-electron chi connectivity index (χ3n) is 4.59. The molecule has 0 aliphatic carbocycles. The fourth-order valence-corrected chi connectivity index (χ4v) is 3.04. The Labute approximate surface area is 162 Å². The number of hydrogen-bond donors (Lipinski definition) is 0. The van der Waals surface area contributed by atoms with Crippen molar-refractivity contribution in [2.75, 3.05) is 38.2 Å². The van der Waals surface area contributed by atoms with Crippen molar-refractivity contribution in [1.82, 2.24) is 25.0 Å². The third kappa shape index (κ3) is 3.93. The SMILES string of the molecule is COc1ccc(-c2noc(CC(=O)N3CCN(c4ncccn4)CC3)n2)cc1. The van der Waals surface area contributed by atoms with Crippen LogP contribution in [0.2, 0.25) is 0 Å². The monoisotopic (exact) mass is 380 g/mol. The molecule has 0 saturated carbocycles. The van der Waals surface area contributed by atoms with Gasteiger partial charge in [-0.15, -0.1) is 0 Å². The molecule has 1 fully saturated rings. The first-order chi connectivity index (χ1) is 13.7. The summed E-state index contributed by atoms with van der Waals surface area (Å²) in [7, 11) is 1.61. The number of rotatable bonds is 5. The fourth-order valence-electron chi connectivity index (χ4n) is 3.04. The summed E-state index contributed by atoms with van der Waals surface area (Å²) in [6, 6.07) is 9.13. The minimum Gasteiger partial charge on any atom is -0.497 e. The summed E-state index contributed by atoms with van der Waals surface area (Å²) in [6.07, 6.45) is 3.52. The van der Waals surface area contributed by atoms with Crippen LogP contribution in [0.25, 0.3) is 11.4 Å². The predicted octanol–water partition coefficient (Wildman–Crippen LogP) is 1.43. The Kier molecular flexibility index (Phi) is 5.14. The summed E-state index contributed by atoms with van der Waals surface area (Å²) < 4.78 is 10.4. The van der Waals surface area contributed by atoms with Crippen molar-refractivity contribution >= 4 is 11.9 Å².